The highest BCUT2D eigenvalue weighted by Crippen LogP contribution is 2.32. The first-order chi connectivity index (χ1) is 8.79. The number of nitrogens with two attached hydrogens (primary N) is 1. The Morgan fingerprint density at radius 1 is 1.33 bits per heavy atom. The van der Waals surface area contributed by atoms with Crippen LogP contribution in [-0.2, 0) is 4.79 Å². The Hall–Kier alpha value is -0.850. The minimum Gasteiger partial charge on any atom is -0.492 e. The van der Waals surface area contributed by atoms with Crippen molar-refractivity contribution in [1.29, 1.82) is 0 Å². The van der Waals surface area contributed by atoms with Crippen LogP contribution in [-0.4, -0.2) is 35.1 Å². The highest BCUT2D eigenvalue weighted by molar-refractivity contribution is 8.21. The van der Waals surface area contributed by atoms with E-state index in [9.17, 15) is 4.79 Å². The van der Waals surface area contributed by atoms with Gasteiger partial charge in [-0.05, 0) is 24.3 Å². The summed E-state index contributed by atoms with van der Waals surface area (Å²) in [6.07, 6.45) is 0. The Kier molecular flexibility index (Phi) is 5.22. The maximum atomic E-state index is 11.9. The third-order valence-electron chi connectivity index (χ3n) is 2.34. The van der Waals surface area contributed by atoms with Gasteiger partial charge in [0.1, 0.15) is 16.9 Å². The maximum Gasteiger partial charge on any atom is 0.247 e. The minimum absolute atomic E-state index is 0.0261. The van der Waals surface area contributed by atoms with E-state index in [1.54, 1.807) is 23.5 Å². The molecule has 1 fully saturated rings. The van der Waals surface area contributed by atoms with Crippen molar-refractivity contribution in [3.05, 3.63) is 24.3 Å². The lowest BCUT2D eigenvalue weighted by Crippen LogP contribution is -2.20. The molecule has 0 spiro atoms. The van der Waals surface area contributed by atoms with Gasteiger partial charge in [0.25, 0.3) is 0 Å². The highest BCUT2D eigenvalue weighted by atomic mass is 32.2. The van der Waals surface area contributed by atoms with Crippen LogP contribution in [0.3, 0.4) is 0 Å². The van der Waals surface area contributed by atoms with Crippen LogP contribution in [0.15, 0.2) is 24.3 Å². The lowest BCUT2D eigenvalue weighted by atomic mass is 10.3. The van der Waals surface area contributed by atoms with E-state index in [0.717, 1.165) is 22.9 Å². The van der Waals surface area contributed by atoms with Crippen LogP contribution in [0.1, 0.15) is 0 Å². The van der Waals surface area contributed by atoms with Crippen molar-refractivity contribution in [3.8, 4) is 5.75 Å². The van der Waals surface area contributed by atoms with E-state index >= 15 is 0 Å². The second-order valence-corrected chi connectivity index (χ2v) is 6.45. The second kappa shape index (κ2) is 6.92. The Bertz CT molecular complexity index is 392. The standard InChI is InChI=1S/C12H16N2O2S2/c13-5-6-16-10-3-1-9(2-4-10)14-11(15)12-17-7-8-18-12/h1-4,12H,5-8,13H2,(H,14,15). The fraction of sp³-hybridized carbons (Fsp3) is 0.417. The zero-order valence-electron chi connectivity index (χ0n) is 9.93. The van der Waals surface area contributed by atoms with Crippen LogP contribution in [0, 0.1) is 0 Å². The van der Waals surface area contributed by atoms with Gasteiger partial charge in [0.15, 0.2) is 0 Å². The average Bonchev–Trinajstić information content (AvgIpc) is 2.92. The molecule has 98 valence electrons. The molecule has 0 radical (unpaired) electrons. The van der Waals surface area contributed by atoms with E-state index < -0.39 is 0 Å². The molecular weight excluding hydrogens is 268 g/mol. The van der Waals surface area contributed by atoms with Crippen LogP contribution >= 0.6 is 23.5 Å². The third-order valence-corrected chi connectivity index (χ3v) is 5.33. The van der Waals surface area contributed by atoms with E-state index in [1.807, 2.05) is 24.3 Å². The van der Waals surface area contributed by atoms with Crippen molar-refractivity contribution in [1.82, 2.24) is 0 Å². The zero-order chi connectivity index (χ0) is 12.8. The molecule has 0 bridgehead atoms. The number of hydrogen-bond acceptors (Lipinski definition) is 5. The molecule has 6 heteroatoms. The number of hydrogen-bond donors (Lipinski definition) is 2. The van der Waals surface area contributed by atoms with E-state index in [1.165, 1.54) is 0 Å². The van der Waals surface area contributed by atoms with Gasteiger partial charge < -0.3 is 15.8 Å². The van der Waals surface area contributed by atoms with E-state index in [-0.39, 0.29) is 10.5 Å². The largest absolute Gasteiger partial charge is 0.492 e. The van der Waals surface area contributed by atoms with Crippen LogP contribution in [0.5, 0.6) is 5.75 Å². The molecule has 0 unspecified atom stereocenters. The summed E-state index contributed by atoms with van der Waals surface area (Å²) in [6, 6.07) is 7.35. The van der Waals surface area contributed by atoms with Gasteiger partial charge in [0, 0.05) is 23.7 Å². The smallest absolute Gasteiger partial charge is 0.247 e. The number of carbonyl (C=O) groups is 1. The Morgan fingerprint density at radius 3 is 2.61 bits per heavy atom. The molecule has 1 amide bonds. The molecule has 3 N–H and O–H groups in total. The summed E-state index contributed by atoms with van der Waals surface area (Å²) in [4.78, 5) is 11.9. The van der Waals surface area contributed by atoms with Crippen molar-refractivity contribution in [2.24, 2.45) is 5.73 Å². The Labute approximate surface area is 115 Å². The van der Waals surface area contributed by atoms with E-state index in [4.69, 9.17) is 10.5 Å². The first-order valence-corrected chi connectivity index (χ1v) is 7.86. The predicted octanol–water partition coefficient (Wildman–Crippen LogP) is 1.77. The SMILES string of the molecule is NCCOc1ccc(NC(=O)C2SCCS2)cc1. The van der Waals surface area contributed by atoms with Crippen molar-refractivity contribution in [2.75, 3.05) is 30.0 Å². The molecule has 1 saturated heterocycles. The molecule has 0 saturated carbocycles. The summed E-state index contributed by atoms with van der Waals surface area (Å²) in [5.74, 6) is 2.93. The summed E-state index contributed by atoms with van der Waals surface area (Å²) in [6.45, 7) is 0.996. The summed E-state index contributed by atoms with van der Waals surface area (Å²) in [7, 11) is 0. The molecule has 18 heavy (non-hydrogen) atoms. The maximum absolute atomic E-state index is 11.9. The summed E-state index contributed by atoms with van der Waals surface area (Å²) in [5.41, 5.74) is 6.15. The number of amides is 1. The number of thioether (sulfide) groups is 2. The number of anilines is 1. The van der Waals surface area contributed by atoms with Crippen molar-refractivity contribution in [3.63, 3.8) is 0 Å². The molecular formula is C12H16N2O2S2. The first-order valence-electron chi connectivity index (χ1n) is 5.76. The van der Waals surface area contributed by atoms with Gasteiger partial charge >= 0.3 is 0 Å². The molecule has 1 aliphatic heterocycles. The predicted molar refractivity (Wildman–Crippen MR) is 78.3 cm³/mol. The third kappa shape index (κ3) is 3.83. The monoisotopic (exact) mass is 284 g/mol. The highest BCUT2D eigenvalue weighted by Gasteiger charge is 2.23. The molecule has 1 aliphatic rings. The molecule has 0 aliphatic carbocycles. The van der Waals surface area contributed by atoms with Crippen LogP contribution in [0.4, 0.5) is 5.69 Å². The number of benzene rings is 1. The summed E-state index contributed by atoms with van der Waals surface area (Å²) < 4.78 is 5.40. The quantitative estimate of drug-likeness (QED) is 0.862. The summed E-state index contributed by atoms with van der Waals surface area (Å²) >= 11 is 3.39. The van der Waals surface area contributed by atoms with Gasteiger partial charge in [-0.2, -0.15) is 0 Å². The Balaban J connectivity index is 1.87. The van der Waals surface area contributed by atoms with Crippen LogP contribution < -0.4 is 15.8 Å². The number of nitrogens with one attached hydrogen (secondary N) is 1. The molecule has 2 rings (SSSR count). The molecule has 1 aromatic rings. The van der Waals surface area contributed by atoms with Gasteiger partial charge in [-0.3, -0.25) is 4.79 Å². The van der Waals surface area contributed by atoms with Gasteiger partial charge in [-0.1, -0.05) is 0 Å². The molecule has 0 atom stereocenters. The first kappa shape index (κ1) is 13.6. The number of ether oxygens (including phenoxy) is 1. The Morgan fingerprint density at radius 2 is 2.00 bits per heavy atom. The summed E-state index contributed by atoms with van der Waals surface area (Å²) in [5, 5.41) is 2.91. The van der Waals surface area contributed by atoms with E-state index in [0.29, 0.717) is 13.2 Å². The number of carbonyl (C=O) groups excluding carboxylic acids is 1. The minimum atomic E-state index is 0.0261. The molecule has 0 aromatic heterocycles. The topological polar surface area (TPSA) is 64.3 Å². The van der Waals surface area contributed by atoms with E-state index in [2.05, 4.69) is 5.32 Å². The van der Waals surface area contributed by atoms with Gasteiger partial charge in [-0.15, -0.1) is 23.5 Å². The van der Waals surface area contributed by atoms with Crippen LogP contribution in [0.25, 0.3) is 0 Å². The normalized spacial score (nSPS) is 15.6. The van der Waals surface area contributed by atoms with Crippen molar-refractivity contribution >= 4 is 35.1 Å². The lowest BCUT2D eigenvalue weighted by molar-refractivity contribution is -0.114. The molecule has 1 heterocycles. The molecule has 4 nitrogen and oxygen atoms in total. The van der Waals surface area contributed by atoms with Gasteiger partial charge in [0.2, 0.25) is 5.91 Å². The molecule has 1 aromatic carbocycles. The second-order valence-electron chi connectivity index (χ2n) is 3.72. The van der Waals surface area contributed by atoms with Gasteiger partial charge in [0.05, 0.1) is 0 Å². The zero-order valence-corrected chi connectivity index (χ0v) is 11.6. The number of rotatable bonds is 5. The van der Waals surface area contributed by atoms with Crippen molar-refractivity contribution < 1.29 is 9.53 Å². The van der Waals surface area contributed by atoms with Crippen molar-refractivity contribution in [2.45, 2.75) is 4.58 Å². The fourth-order valence-electron chi connectivity index (χ4n) is 1.52. The fourth-order valence-corrected chi connectivity index (χ4v) is 4.10. The lowest BCUT2D eigenvalue weighted by Gasteiger charge is -2.10. The van der Waals surface area contributed by atoms with Gasteiger partial charge in [-0.25, -0.2) is 0 Å². The average molecular weight is 284 g/mol. The van der Waals surface area contributed by atoms with Crippen LogP contribution in [0.2, 0.25) is 0 Å².